The van der Waals surface area contributed by atoms with Crippen molar-refractivity contribution in [3.63, 3.8) is 0 Å². The molecule has 150 valence electrons. The molecule has 0 fully saturated rings. The van der Waals surface area contributed by atoms with Gasteiger partial charge in [-0.25, -0.2) is 0 Å². The summed E-state index contributed by atoms with van der Waals surface area (Å²) in [4.78, 5) is 14.3. The van der Waals surface area contributed by atoms with E-state index in [2.05, 4.69) is 35.6 Å². The van der Waals surface area contributed by atoms with Crippen LogP contribution in [0, 0.1) is 0 Å². The van der Waals surface area contributed by atoms with Gasteiger partial charge in [-0.2, -0.15) is 0 Å². The van der Waals surface area contributed by atoms with Gasteiger partial charge in [-0.15, -0.1) is 0 Å². The SMILES string of the molecule is CN(CC(=O)NCc1cccc(COCc2ccccc2)c1)Cc1ccccc1. The zero-order valence-corrected chi connectivity index (χ0v) is 16.9. The zero-order chi connectivity index (χ0) is 20.3. The highest BCUT2D eigenvalue weighted by molar-refractivity contribution is 5.77. The van der Waals surface area contributed by atoms with Gasteiger partial charge in [-0.1, -0.05) is 84.9 Å². The molecule has 3 aromatic carbocycles. The van der Waals surface area contributed by atoms with Crippen LogP contribution in [0.5, 0.6) is 0 Å². The predicted molar refractivity (Wildman–Crippen MR) is 116 cm³/mol. The zero-order valence-electron chi connectivity index (χ0n) is 16.9. The normalized spacial score (nSPS) is 10.8. The molecule has 0 spiro atoms. The Morgan fingerprint density at radius 2 is 1.38 bits per heavy atom. The van der Waals surface area contributed by atoms with Crippen molar-refractivity contribution < 1.29 is 9.53 Å². The van der Waals surface area contributed by atoms with Gasteiger partial charge < -0.3 is 10.1 Å². The summed E-state index contributed by atoms with van der Waals surface area (Å²) in [7, 11) is 1.96. The van der Waals surface area contributed by atoms with Crippen LogP contribution in [0.25, 0.3) is 0 Å². The fourth-order valence-electron chi connectivity index (χ4n) is 3.14. The predicted octanol–water partition coefficient (Wildman–Crippen LogP) is 4.15. The Morgan fingerprint density at radius 3 is 2.10 bits per heavy atom. The van der Waals surface area contributed by atoms with Crippen LogP contribution in [0.3, 0.4) is 0 Å². The molecular weight excluding hydrogens is 360 g/mol. The molecule has 0 radical (unpaired) electrons. The highest BCUT2D eigenvalue weighted by atomic mass is 16.5. The first-order chi connectivity index (χ1) is 14.2. The van der Waals surface area contributed by atoms with E-state index in [0.29, 0.717) is 26.3 Å². The molecule has 1 amide bonds. The molecule has 0 heterocycles. The molecule has 3 rings (SSSR count). The first-order valence-electron chi connectivity index (χ1n) is 9.88. The maximum atomic E-state index is 12.3. The molecule has 3 aromatic rings. The van der Waals surface area contributed by atoms with Gasteiger partial charge in [0.2, 0.25) is 5.91 Å². The number of amides is 1. The second-order valence-electron chi connectivity index (χ2n) is 7.23. The lowest BCUT2D eigenvalue weighted by Crippen LogP contribution is -2.34. The Kier molecular flexibility index (Phi) is 7.99. The molecule has 0 unspecified atom stereocenters. The van der Waals surface area contributed by atoms with E-state index in [9.17, 15) is 4.79 Å². The van der Waals surface area contributed by atoms with E-state index in [1.54, 1.807) is 0 Å². The number of rotatable bonds is 10. The van der Waals surface area contributed by atoms with Crippen molar-refractivity contribution in [1.82, 2.24) is 10.2 Å². The number of hydrogen-bond donors (Lipinski definition) is 1. The molecule has 4 nitrogen and oxygen atoms in total. The largest absolute Gasteiger partial charge is 0.372 e. The minimum absolute atomic E-state index is 0.0224. The topological polar surface area (TPSA) is 41.6 Å². The number of benzene rings is 3. The summed E-state index contributed by atoms with van der Waals surface area (Å²) in [5.41, 5.74) is 4.54. The van der Waals surface area contributed by atoms with Gasteiger partial charge in [-0.05, 0) is 29.3 Å². The second kappa shape index (κ2) is 11.1. The van der Waals surface area contributed by atoms with E-state index < -0.39 is 0 Å². The summed E-state index contributed by atoms with van der Waals surface area (Å²) in [6.45, 7) is 2.79. The van der Waals surface area contributed by atoms with Gasteiger partial charge in [-0.3, -0.25) is 9.69 Å². The lowest BCUT2D eigenvalue weighted by atomic mass is 10.1. The minimum atomic E-state index is 0.0224. The van der Waals surface area contributed by atoms with E-state index >= 15 is 0 Å². The van der Waals surface area contributed by atoms with Gasteiger partial charge in [0, 0.05) is 13.1 Å². The summed E-state index contributed by atoms with van der Waals surface area (Å²) in [6, 6.07) is 28.5. The van der Waals surface area contributed by atoms with E-state index in [0.717, 1.165) is 23.2 Å². The average molecular weight is 389 g/mol. The van der Waals surface area contributed by atoms with Crippen LogP contribution in [0.2, 0.25) is 0 Å². The Hall–Kier alpha value is -2.95. The van der Waals surface area contributed by atoms with Crippen LogP contribution in [0.4, 0.5) is 0 Å². The number of likely N-dealkylation sites (N-methyl/N-ethyl adjacent to an activating group) is 1. The Bertz CT molecular complexity index is 882. The molecule has 0 aliphatic heterocycles. The van der Waals surface area contributed by atoms with Gasteiger partial charge in [0.25, 0.3) is 0 Å². The van der Waals surface area contributed by atoms with Crippen molar-refractivity contribution >= 4 is 5.91 Å². The average Bonchev–Trinajstić information content (AvgIpc) is 2.74. The van der Waals surface area contributed by atoms with Crippen LogP contribution < -0.4 is 5.32 Å². The van der Waals surface area contributed by atoms with Crippen LogP contribution in [-0.2, 0) is 35.8 Å². The highest BCUT2D eigenvalue weighted by Gasteiger charge is 2.07. The number of carbonyl (C=O) groups is 1. The first-order valence-corrected chi connectivity index (χ1v) is 9.88. The van der Waals surface area contributed by atoms with Crippen molar-refractivity contribution in [3.8, 4) is 0 Å². The van der Waals surface area contributed by atoms with Crippen molar-refractivity contribution in [3.05, 3.63) is 107 Å². The molecule has 0 saturated heterocycles. The van der Waals surface area contributed by atoms with Crippen LogP contribution in [0.1, 0.15) is 22.3 Å². The van der Waals surface area contributed by atoms with Crippen molar-refractivity contribution in [2.75, 3.05) is 13.6 Å². The lowest BCUT2D eigenvalue weighted by molar-refractivity contribution is -0.122. The highest BCUT2D eigenvalue weighted by Crippen LogP contribution is 2.09. The molecule has 1 N–H and O–H groups in total. The lowest BCUT2D eigenvalue weighted by Gasteiger charge is -2.16. The van der Waals surface area contributed by atoms with Crippen LogP contribution >= 0.6 is 0 Å². The van der Waals surface area contributed by atoms with E-state index in [1.807, 2.05) is 66.5 Å². The van der Waals surface area contributed by atoms with Gasteiger partial charge in [0.05, 0.1) is 19.8 Å². The van der Waals surface area contributed by atoms with Crippen LogP contribution in [-0.4, -0.2) is 24.4 Å². The van der Waals surface area contributed by atoms with E-state index in [-0.39, 0.29) is 5.91 Å². The molecule has 0 saturated carbocycles. The van der Waals surface area contributed by atoms with E-state index in [4.69, 9.17) is 4.74 Å². The molecule has 0 aliphatic rings. The maximum absolute atomic E-state index is 12.3. The standard InChI is InChI=1S/C25H28N2O2/c1-27(17-21-9-4-2-5-10-21)18-25(28)26-16-23-13-8-14-24(15-23)20-29-19-22-11-6-3-7-12-22/h2-15H,16-20H2,1H3,(H,26,28). The second-order valence-corrected chi connectivity index (χ2v) is 7.23. The number of ether oxygens (including phenoxy) is 1. The third-order valence-corrected chi connectivity index (χ3v) is 4.57. The number of nitrogens with one attached hydrogen (secondary N) is 1. The first kappa shape index (κ1) is 20.8. The maximum Gasteiger partial charge on any atom is 0.234 e. The number of carbonyl (C=O) groups excluding carboxylic acids is 1. The smallest absolute Gasteiger partial charge is 0.234 e. The summed E-state index contributed by atoms with van der Waals surface area (Å²) >= 11 is 0. The van der Waals surface area contributed by atoms with E-state index in [1.165, 1.54) is 5.56 Å². The number of nitrogens with zero attached hydrogens (tertiary/aromatic N) is 1. The Labute approximate surface area is 173 Å². The molecule has 29 heavy (non-hydrogen) atoms. The summed E-state index contributed by atoms with van der Waals surface area (Å²) in [6.07, 6.45) is 0. The third-order valence-electron chi connectivity index (χ3n) is 4.57. The number of hydrogen-bond acceptors (Lipinski definition) is 3. The summed E-state index contributed by atoms with van der Waals surface area (Å²) < 4.78 is 5.80. The summed E-state index contributed by atoms with van der Waals surface area (Å²) in [5.74, 6) is 0.0224. The van der Waals surface area contributed by atoms with Gasteiger partial charge in [0.1, 0.15) is 0 Å². The Balaban J connectivity index is 1.40. The summed E-state index contributed by atoms with van der Waals surface area (Å²) in [5, 5.41) is 3.00. The quantitative estimate of drug-likeness (QED) is 0.567. The van der Waals surface area contributed by atoms with Crippen molar-refractivity contribution in [1.29, 1.82) is 0 Å². The Morgan fingerprint density at radius 1 is 0.793 bits per heavy atom. The molecular formula is C25H28N2O2. The molecule has 0 aliphatic carbocycles. The molecule has 0 bridgehead atoms. The molecule has 0 aromatic heterocycles. The monoisotopic (exact) mass is 388 g/mol. The van der Waals surface area contributed by atoms with Gasteiger partial charge >= 0.3 is 0 Å². The fourth-order valence-corrected chi connectivity index (χ4v) is 3.14. The van der Waals surface area contributed by atoms with Crippen LogP contribution in [0.15, 0.2) is 84.9 Å². The third kappa shape index (κ3) is 7.53. The van der Waals surface area contributed by atoms with Gasteiger partial charge in [0.15, 0.2) is 0 Å². The fraction of sp³-hybridized carbons (Fsp3) is 0.240. The molecule has 0 atom stereocenters. The minimum Gasteiger partial charge on any atom is -0.372 e. The van der Waals surface area contributed by atoms with Crippen molar-refractivity contribution in [2.24, 2.45) is 0 Å². The molecule has 4 heteroatoms. The van der Waals surface area contributed by atoms with Crippen molar-refractivity contribution in [2.45, 2.75) is 26.3 Å².